The Morgan fingerprint density at radius 3 is 2.62 bits per heavy atom. The molecule has 2 heterocycles. The molecule has 0 unspecified atom stereocenters. The maximum Gasteiger partial charge on any atom is 0.417 e. The summed E-state index contributed by atoms with van der Waals surface area (Å²) in [5, 5.41) is 3.78. The standard InChI is InChI=1S/C16H8ClF3N4S2/c17-11-4-9(12(23-7-25)5-10(11)16(18,19)20)8-1-2-22-13(3-8)14-6-26-15(21)24-14/h1-6H,(H2,21,24). The Balaban J connectivity index is 2.17. The first-order chi connectivity index (χ1) is 12.3. The van der Waals surface area contributed by atoms with Gasteiger partial charge in [-0.25, -0.2) is 4.98 Å². The third-order valence-electron chi connectivity index (χ3n) is 3.41. The summed E-state index contributed by atoms with van der Waals surface area (Å²) in [6, 6.07) is 5.33. The molecule has 10 heteroatoms. The quantitative estimate of drug-likeness (QED) is 0.432. The van der Waals surface area contributed by atoms with Crippen molar-refractivity contribution in [3.05, 3.63) is 46.4 Å². The molecule has 132 valence electrons. The number of thiocarbonyl (C=S) groups is 1. The summed E-state index contributed by atoms with van der Waals surface area (Å²) in [5.41, 5.74) is 6.64. The van der Waals surface area contributed by atoms with Gasteiger partial charge in [-0.3, -0.25) is 4.98 Å². The van der Waals surface area contributed by atoms with Crippen LogP contribution in [0.5, 0.6) is 0 Å². The number of hydrogen-bond acceptors (Lipinski definition) is 6. The van der Waals surface area contributed by atoms with E-state index in [1.165, 1.54) is 23.6 Å². The Morgan fingerprint density at radius 1 is 1.23 bits per heavy atom. The van der Waals surface area contributed by atoms with Gasteiger partial charge in [0.2, 0.25) is 0 Å². The summed E-state index contributed by atoms with van der Waals surface area (Å²) in [6.07, 6.45) is -3.10. The zero-order valence-corrected chi connectivity index (χ0v) is 15.1. The SMILES string of the molecule is Nc1nc(-c2cc(-c3cc(Cl)c(C(F)(F)F)cc3N=C=S)ccn2)cs1. The predicted octanol–water partition coefficient (Wildman–Crippen LogP) is 5.86. The van der Waals surface area contributed by atoms with Gasteiger partial charge in [-0.1, -0.05) is 11.6 Å². The number of alkyl halides is 3. The van der Waals surface area contributed by atoms with Gasteiger partial charge in [0.15, 0.2) is 5.13 Å². The Kier molecular flexibility index (Phi) is 5.06. The minimum absolute atomic E-state index is 0.00617. The summed E-state index contributed by atoms with van der Waals surface area (Å²) in [7, 11) is 0. The molecule has 1 aromatic carbocycles. The zero-order valence-electron chi connectivity index (χ0n) is 12.7. The van der Waals surface area contributed by atoms with Crippen LogP contribution in [0.25, 0.3) is 22.5 Å². The number of nitrogens with zero attached hydrogens (tertiary/aromatic N) is 3. The van der Waals surface area contributed by atoms with Crippen molar-refractivity contribution in [1.29, 1.82) is 0 Å². The highest BCUT2D eigenvalue weighted by Crippen LogP contribution is 2.42. The maximum atomic E-state index is 13.1. The molecule has 0 aliphatic carbocycles. The van der Waals surface area contributed by atoms with Crippen LogP contribution in [0.3, 0.4) is 0 Å². The van der Waals surface area contributed by atoms with Gasteiger partial charge >= 0.3 is 6.18 Å². The minimum atomic E-state index is -4.61. The van der Waals surface area contributed by atoms with Crippen LogP contribution in [0.4, 0.5) is 24.0 Å². The Bertz CT molecular complexity index is 1030. The molecule has 4 nitrogen and oxygen atoms in total. The number of pyridine rings is 1. The number of anilines is 1. The van der Waals surface area contributed by atoms with Crippen molar-refractivity contribution in [2.24, 2.45) is 4.99 Å². The molecule has 0 bridgehead atoms. The average molecular weight is 413 g/mol. The number of nitrogen functional groups attached to an aromatic ring is 1. The molecule has 0 aliphatic heterocycles. The van der Waals surface area contributed by atoms with Gasteiger partial charge in [0.05, 0.1) is 27.1 Å². The highest BCUT2D eigenvalue weighted by atomic mass is 35.5. The van der Waals surface area contributed by atoms with Crippen molar-refractivity contribution in [2.45, 2.75) is 6.18 Å². The van der Waals surface area contributed by atoms with Crippen LogP contribution in [-0.2, 0) is 6.18 Å². The van der Waals surface area contributed by atoms with Gasteiger partial charge in [-0.15, -0.1) is 11.3 Å². The van der Waals surface area contributed by atoms with E-state index < -0.39 is 16.8 Å². The number of aromatic nitrogens is 2. The lowest BCUT2D eigenvalue weighted by Crippen LogP contribution is -2.06. The summed E-state index contributed by atoms with van der Waals surface area (Å²) in [6.45, 7) is 0. The van der Waals surface area contributed by atoms with Crippen LogP contribution in [-0.4, -0.2) is 15.1 Å². The first-order valence-corrected chi connectivity index (χ1v) is 8.62. The summed E-state index contributed by atoms with van der Waals surface area (Å²) >= 11 is 11.7. The van der Waals surface area contributed by atoms with Crippen LogP contribution in [0.2, 0.25) is 5.02 Å². The molecule has 0 atom stereocenters. The smallest absolute Gasteiger partial charge is 0.375 e. The molecule has 3 rings (SSSR count). The molecule has 2 aromatic heterocycles. The van der Waals surface area contributed by atoms with Gasteiger partial charge in [0, 0.05) is 17.1 Å². The van der Waals surface area contributed by atoms with E-state index in [1.807, 2.05) is 0 Å². The third kappa shape index (κ3) is 3.76. The lowest BCUT2D eigenvalue weighted by molar-refractivity contribution is -0.137. The number of isothiocyanates is 1. The number of rotatable bonds is 3. The van der Waals surface area contributed by atoms with E-state index in [1.54, 1.807) is 17.5 Å². The van der Waals surface area contributed by atoms with Crippen LogP contribution < -0.4 is 5.73 Å². The molecule has 0 spiro atoms. The maximum absolute atomic E-state index is 13.1. The van der Waals surface area contributed by atoms with Crippen molar-refractivity contribution >= 4 is 51.1 Å². The highest BCUT2D eigenvalue weighted by molar-refractivity contribution is 7.78. The zero-order chi connectivity index (χ0) is 18.9. The van der Waals surface area contributed by atoms with E-state index >= 15 is 0 Å². The lowest BCUT2D eigenvalue weighted by atomic mass is 10.0. The molecule has 3 aromatic rings. The van der Waals surface area contributed by atoms with Crippen LogP contribution >= 0.6 is 35.2 Å². The summed E-state index contributed by atoms with van der Waals surface area (Å²) < 4.78 is 39.3. The average Bonchev–Trinajstić information content (AvgIpc) is 3.02. The second-order valence-electron chi connectivity index (χ2n) is 5.05. The Morgan fingerprint density at radius 2 is 2.00 bits per heavy atom. The Labute approximate surface area is 160 Å². The van der Waals surface area contributed by atoms with Crippen molar-refractivity contribution < 1.29 is 13.2 Å². The van der Waals surface area contributed by atoms with Crippen molar-refractivity contribution in [1.82, 2.24) is 9.97 Å². The van der Waals surface area contributed by atoms with E-state index in [4.69, 9.17) is 17.3 Å². The highest BCUT2D eigenvalue weighted by Gasteiger charge is 2.34. The third-order valence-corrected chi connectivity index (χ3v) is 4.49. The number of benzene rings is 1. The largest absolute Gasteiger partial charge is 0.417 e. The minimum Gasteiger partial charge on any atom is -0.375 e. The topological polar surface area (TPSA) is 64.2 Å². The second-order valence-corrected chi connectivity index (χ2v) is 6.53. The number of hydrogen-bond donors (Lipinski definition) is 1. The van der Waals surface area contributed by atoms with Crippen LogP contribution in [0, 0.1) is 0 Å². The normalized spacial score (nSPS) is 11.2. The van der Waals surface area contributed by atoms with Crippen LogP contribution in [0.1, 0.15) is 5.56 Å². The van der Waals surface area contributed by atoms with Crippen molar-refractivity contribution in [3.63, 3.8) is 0 Å². The van der Waals surface area contributed by atoms with Gasteiger partial charge < -0.3 is 5.73 Å². The Hall–Kier alpha value is -2.32. The summed E-state index contributed by atoms with van der Waals surface area (Å²) in [5.74, 6) is 0. The second kappa shape index (κ2) is 7.13. The fourth-order valence-electron chi connectivity index (χ4n) is 2.30. The molecule has 0 saturated heterocycles. The first kappa shape index (κ1) is 18.5. The molecular weight excluding hydrogens is 405 g/mol. The molecule has 26 heavy (non-hydrogen) atoms. The van der Waals surface area contributed by atoms with Gasteiger partial charge in [-0.05, 0) is 42.0 Å². The fourth-order valence-corrected chi connectivity index (χ4v) is 3.22. The fraction of sp³-hybridized carbons (Fsp3) is 0.0625. The van der Waals surface area contributed by atoms with Gasteiger partial charge in [0.25, 0.3) is 0 Å². The predicted molar refractivity (Wildman–Crippen MR) is 99.9 cm³/mol. The monoisotopic (exact) mass is 412 g/mol. The van der Waals surface area contributed by atoms with Gasteiger partial charge in [-0.2, -0.15) is 18.2 Å². The number of aliphatic imine (C=N–C) groups is 1. The number of thiazole rings is 1. The number of halogens is 4. The van der Waals surface area contributed by atoms with Gasteiger partial charge in [0.1, 0.15) is 5.69 Å². The van der Waals surface area contributed by atoms with E-state index in [2.05, 4.69) is 32.3 Å². The van der Waals surface area contributed by atoms with E-state index in [9.17, 15) is 13.2 Å². The van der Waals surface area contributed by atoms with Crippen molar-refractivity contribution in [2.75, 3.05) is 5.73 Å². The van der Waals surface area contributed by atoms with E-state index in [0.717, 1.165) is 6.07 Å². The first-order valence-electron chi connectivity index (χ1n) is 6.96. The molecule has 0 fully saturated rings. The lowest BCUT2D eigenvalue weighted by Gasteiger charge is -2.13. The van der Waals surface area contributed by atoms with Crippen molar-refractivity contribution in [3.8, 4) is 22.5 Å². The molecule has 0 saturated carbocycles. The van der Waals surface area contributed by atoms with E-state index in [-0.39, 0.29) is 5.69 Å². The molecule has 2 N–H and O–H groups in total. The van der Waals surface area contributed by atoms with E-state index in [0.29, 0.717) is 27.6 Å². The molecular formula is C16H8ClF3N4S2. The molecule has 0 amide bonds. The number of nitrogens with two attached hydrogens (primary N) is 1. The summed E-state index contributed by atoms with van der Waals surface area (Å²) in [4.78, 5) is 12.1. The van der Waals surface area contributed by atoms with Crippen LogP contribution in [0.15, 0.2) is 40.8 Å². The molecule has 0 aliphatic rings. The molecule has 0 radical (unpaired) electrons.